The van der Waals surface area contributed by atoms with Crippen LogP contribution in [-0.2, 0) is 6.42 Å². The van der Waals surface area contributed by atoms with Crippen molar-refractivity contribution in [1.82, 2.24) is 0 Å². The van der Waals surface area contributed by atoms with Gasteiger partial charge in [0.05, 0.1) is 0 Å². The molecule has 0 saturated carbocycles. The fraction of sp³-hybridized carbons (Fsp3) is 0.250. The van der Waals surface area contributed by atoms with Crippen LogP contribution in [0.3, 0.4) is 0 Å². The maximum absolute atomic E-state index is 5.76. The largest absolute Gasteiger partial charge is 0.421 e. The summed E-state index contributed by atoms with van der Waals surface area (Å²) in [5.74, 6) is 0. The van der Waals surface area contributed by atoms with Gasteiger partial charge < -0.3 is 8.39 Å². The first-order valence-electron chi connectivity index (χ1n) is 6.69. The summed E-state index contributed by atoms with van der Waals surface area (Å²) in [6.45, 7) is 2.21. The van der Waals surface area contributed by atoms with E-state index in [9.17, 15) is 0 Å². The highest BCUT2D eigenvalue weighted by Gasteiger charge is 2.03. The molecule has 0 N–H and O–H groups in total. The minimum atomic E-state index is 0.0275. The summed E-state index contributed by atoms with van der Waals surface area (Å²) < 4.78 is 11.4. The van der Waals surface area contributed by atoms with Crippen molar-refractivity contribution in [2.45, 2.75) is 26.2 Å². The van der Waals surface area contributed by atoms with Crippen LogP contribution >= 0.6 is 8.67 Å². The average Bonchev–Trinajstić information content (AvgIpc) is 2.64. The number of unbranched alkanes of at least 4 members (excludes halogenated alkanes) is 1. The van der Waals surface area contributed by atoms with Gasteiger partial charge in [-0.1, -0.05) is 43.7 Å². The highest BCUT2D eigenvalue weighted by Crippen LogP contribution is 2.27. The van der Waals surface area contributed by atoms with E-state index in [1.807, 2.05) is 18.2 Å². The molecule has 0 saturated heterocycles. The summed E-state index contributed by atoms with van der Waals surface area (Å²) >= 11 is 0. The smallest absolute Gasteiger partial charge is 0.201 e. The lowest BCUT2D eigenvalue weighted by atomic mass is 10.1. The molecule has 3 rings (SSSR count). The molecule has 0 amide bonds. The second-order valence-electron chi connectivity index (χ2n) is 4.72. The molecule has 0 radical (unpaired) electrons. The molecule has 0 aliphatic rings. The van der Waals surface area contributed by atoms with Crippen LogP contribution in [0.15, 0.2) is 50.9 Å². The summed E-state index contributed by atoms with van der Waals surface area (Å²) in [5.41, 5.74) is 3.18. The van der Waals surface area contributed by atoms with Crippen LogP contribution in [0.1, 0.15) is 25.3 Å². The zero-order valence-electron chi connectivity index (χ0n) is 11.0. The molecule has 1 atom stereocenters. The Balaban J connectivity index is 2.22. The van der Waals surface area contributed by atoms with Crippen LogP contribution in [0.2, 0.25) is 0 Å². The van der Waals surface area contributed by atoms with Crippen LogP contribution in [0.25, 0.3) is 21.9 Å². The highest BCUT2D eigenvalue weighted by atomic mass is 31.1. The van der Waals surface area contributed by atoms with Gasteiger partial charge in [0.1, 0.15) is 11.2 Å². The Morgan fingerprint density at radius 1 is 0.947 bits per heavy atom. The third-order valence-corrected chi connectivity index (χ3v) is 3.95. The quantitative estimate of drug-likeness (QED) is 0.613. The Hall–Kier alpha value is -1.66. The number of benzene rings is 2. The Morgan fingerprint density at radius 2 is 1.74 bits per heavy atom. The van der Waals surface area contributed by atoms with Crippen molar-refractivity contribution in [1.29, 1.82) is 0 Å². The fourth-order valence-corrected chi connectivity index (χ4v) is 2.87. The molecule has 0 aliphatic heterocycles. The first-order valence-corrected chi connectivity index (χ1v) is 7.51. The second-order valence-corrected chi connectivity index (χ2v) is 5.29. The third-order valence-electron chi connectivity index (χ3n) is 3.35. The maximum Gasteiger partial charge on any atom is 0.201 e. The minimum Gasteiger partial charge on any atom is -0.421 e. The normalized spacial score (nSPS) is 11.4. The second kappa shape index (κ2) is 5.54. The maximum atomic E-state index is 5.76. The van der Waals surface area contributed by atoms with E-state index >= 15 is 0 Å². The van der Waals surface area contributed by atoms with Crippen molar-refractivity contribution in [2.24, 2.45) is 0 Å². The Bertz CT molecular complexity index is 731. The molecule has 2 nitrogen and oxygen atoms in total. The van der Waals surface area contributed by atoms with Gasteiger partial charge in [-0.05, 0) is 30.5 Å². The van der Waals surface area contributed by atoms with Crippen LogP contribution < -0.4 is 0 Å². The minimum absolute atomic E-state index is 0.0275. The topological polar surface area (TPSA) is 26.3 Å². The standard InChI is InChI=1S/C16H17O2P/c1-2-3-6-12-9-10-14-13-7-4-5-8-15(13)17-19-18-16(14)11-12/h4-5,7-11,19H,2-3,6H2,1H3. The number of rotatable bonds is 3. The van der Waals surface area contributed by atoms with Gasteiger partial charge in [-0.15, -0.1) is 0 Å². The lowest BCUT2D eigenvalue weighted by molar-refractivity contribution is 0.662. The summed E-state index contributed by atoms with van der Waals surface area (Å²) in [4.78, 5) is 0. The van der Waals surface area contributed by atoms with Crippen molar-refractivity contribution in [2.75, 3.05) is 0 Å². The average molecular weight is 272 g/mol. The Labute approximate surface area is 114 Å². The van der Waals surface area contributed by atoms with Gasteiger partial charge in [0.25, 0.3) is 0 Å². The fourth-order valence-electron chi connectivity index (χ4n) is 2.30. The van der Waals surface area contributed by atoms with Gasteiger partial charge in [-0.3, -0.25) is 0 Å². The van der Waals surface area contributed by atoms with Gasteiger partial charge >= 0.3 is 0 Å². The molecule has 0 aliphatic carbocycles. The lowest BCUT2D eigenvalue weighted by Crippen LogP contribution is -1.84. The molecule has 2 aromatic carbocycles. The molecule has 19 heavy (non-hydrogen) atoms. The SMILES string of the molecule is CCCCc1ccc2c(c1)o[pH]oc1ccccc12. The molecule has 1 aromatic heterocycles. The third kappa shape index (κ3) is 2.54. The van der Waals surface area contributed by atoms with Crippen molar-refractivity contribution in [3.05, 3.63) is 48.0 Å². The van der Waals surface area contributed by atoms with Crippen LogP contribution in [0.5, 0.6) is 0 Å². The predicted molar refractivity (Wildman–Crippen MR) is 81.7 cm³/mol. The molecule has 3 aromatic rings. The van der Waals surface area contributed by atoms with E-state index in [2.05, 4.69) is 31.2 Å². The van der Waals surface area contributed by atoms with E-state index in [0.717, 1.165) is 28.4 Å². The lowest BCUT2D eigenvalue weighted by Gasteiger charge is -2.01. The van der Waals surface area contributed by atoms with Gasteiger partial charge in [0, 0.05) is 10.8 Å². The molecule has 0 spiro atoms. The zero-order valence-corrected chi connectivity index (χ0v) is 12.0. The number of aryl methyl sites for hydroxylation is 1. The van der Waals surface area contributed by atoms with Crippen molar-refractivity contribution in [3.63, 3.8) is 0 Å². The van der Waals surface area contributed by atoms with Crippen LogP contribution in [-0.4, -0.2) is 0 Å². The summed E-state index contributed by atoms with van der Waals surface area (Å²) in [5, 5.41) is 2.24. The summed E-state index contributed by atoms with van der Waals surface area (Å²) in [6.07, 6.45) is 3.54. The van der Waals surface area contributed by atoms with E-state index in [1.54, 1.807) is 0 Å². The van der Waals surface area contributed by atoms with E-state index in [-0.39, 0.29) is 8.67 Å². The first kappa shape index (κ1) is 12.4. The molecular weight excluding hydrogens is 255 g/mol. The Morgan fingerprint density at radius 3 is 2.63 bits per heavy atom. The van der Waals surface area contributed by atoms with E-state index in [0.29, 0.717) is 0 Å². The summed E-state index contributed by atoms with van der Waals surface area (Å²) in [7, 11) is 0.0275. The van der Waals surface area contributed by atoms with Crippen LogP contribution in [0.4, 0.5) is 0 Å². The van der Waals surface area contributed by atoms with Gasteiger partial charge in [-0.2, -0.15) is 0 Å². The summed E-state index contributed by atoms with van der Waals surface area (Å²) in [6, 6.07) is 14.6. The zero-order chi connectivity index (χ0) is 13.1. The molecule has 1 unspecified atom stereocenters. The molecule has 98 valence electrons. The van der Waals surface area contributed by atoms with Gasteiger partial charge in [0.2, 0.25) is 8.67 Å². The molecule has 3 heteroatoms. The molecule has 0 fully saturated rings. The number of hydrogen-bond donors (Lipinski definition) is 0. The number of fused-ring (bicyclic) bond motifs is 3. The monoisotopic (exact) mass is 272 g/mol. The Kier molecular flexibility index (Phi) is 3.61. The number of hydrogen-bond acceptors (Lipinski definition) is 2. The van der Waals surface area contributed by atoms with Gasteiger partial charge in [0.15, 0.2) is 0 Å². The predicted octanol–water partition coefficient (Wildman–Crippen LogP) is 5.68. The first-order chi connectivity index (χ1) is 9.38. The molecular formula is C16H17O2P. The molecule has 1 heterocycles. The molecule has 0 bridgehead atoms. The van der Waals surface area contributed by atoms with E-state index in [1.165, 1.54) is 18.4 Å². The highest BCUT2D eigenvalue weighted by molar-refractivity contribution is 7.15. The van der Waals surface area contributed by atoms with Crippen molar-refractivity contribution < 1.29 is 8.39 Å². The van der Waals surface area contributed by atoms with E-state index < -0.39 is 0 Å². The van der Waals surface area contributed by atoms with Gasteiger partial charge in [-0.25, -0.2) is 0 Å². The van der Waals surface area contributed by atoms with Crippen molar-refractivity contribution >= 4 is 30.6 Å². The van der Waals surface area contributed by atoms with Crippen LogP contribution in [0, 0.1) is 0 Å². The van der Waals surface area contributed by atoms with Crippen molar-refractivity contribution in [3.8, 4) is 0 Å². The van der Waals surface area contributed by atoms with E-state index in [4.69, 9.17) is 8.39 Å². The number of para-hydroxylation sites is 1.